The molecule has 10 nitrogen and oxygen atoms in total. The van der Waals surface area contributed by atoms with Crippen LogP contribution in [0.5, 0.6) is 23.0 Å². The smallest absolute Gasteiger partial charge is 0.119 e. The van der Waals surface area contributed by atoms with E-state index in [1.165, 1.54) is 12.1 Å². The van der Waals surface area contributed by atoms with Crippen molar-refractivity contribution in [2.45, 2.75) is 38.8 Å². The minimum Gasteiger partial charge on any atom is -2.00 e. The van der Waals surface area contributed by atoms with Crippen molar-refractivity contribution < 1.29 is 79.1 Å². The van der Waals surface area contributed by atoms with Gasteiger partial charge in [0, 0.05) is 49.9 Å². The summed E-state index contributed by atoms with van der Waals surface area (Å²) in [5.41, 5.74) is -0.384. The number of aliphatic imine (C=N–C) groups is 2. The Bertz CT molecular complexity index is 835. The van der Waals surface area contributed by atoms with Crippen LogP contribution < -0.4 is 19.7 Å². The average Bonchev–Trinajstić information content (AvgIpc) is 2.66. The van der Waals surface area contributed by atoms with E-state index in [0.29, 0.717) is 22.6 Å². The molecular formula is C22H26MnN2O8Re-10. The zero-order valence-electron chi connectivity index (χ0n) is 19.5. The molecule has 12 heteroatoms. The Morgan fingerprint density at radius 1 is 0.676 bits per heavy atom. The average molecular weight is 688 g/mol. The van der Waals surface area contributed by atoms with Gasteiger partial charge < -0.3 is 41.6 Å². The zero-order chi connectivity index (χ0) is 20.9. The third-order valence-corrected chi connectivity index (χ3v) is 4.98. The van der Waals surface area contributed by atoms with E-state index in [0.717, 1.165) is 0 Å². The zero-order valence-corrected chi connectivity index (χ0v) is 23.4. The van der Waals surface area contributed by atoms with Gasteiger partial charge in [-0.25, -0.2) is 0 Å². The van der Waals surface area contributed by atoms with E-state index < -0.39 is 11.1 Å². The van der Waals surface area contributed by atoms with Crippen molar-refractivity contribution in [2.75, 3.05) is 14.2 Å². The van der Waals surface area contributed by atoms with Gasteiger partial charge in [-0.15, -0.1) is 0 Å². The molecule has 0 bridgehead atoms. The molecule has 0 unspecified atom stereocenters. The SMILES string of the molecule is COc1ccc([O-])c(C=NC(C)(C)C(C)(C)N=Cc2cc(OC)ccc2[O-])c1.[Mn].[O-2].[O-2].[O-2].[O-2].[Re]. The fourth-order valence-corrected chi connectivity index (χ4v) is 2.29. The predicted octanol–water partition coefficient (Wildman–Crippen LogP) is 2.47. The van der Waals surface area contributed by atoms with Gasteiger partial charge in [-0.2, -0.15) is 0 Å². The fourth-order valence-electron chi connectivity index (χ4n) is 2.29. The van der Waals surface area contributed by atoms with Crippen molar-refractivity contribution in [1.82, 2.24) is 0 Å². The molecule has 0 N–H and O–H groups in total. The van der Waals surface area contributed by atoms with Crippen LogP contribution in [0.4, 0.5) is 0 Å². The summed E-state index contributed by atoms with van der Waals surface area (Å²) >= 11 is 0. The van der Waals surface area contributed by atoms with Gasteiger partial charge >= 0.3 is 0 Å². The van der Waals surface area contributed by atoms with Gasteiger partial charge in [0.15, 0.2) is 0 Å². The van der Waals surface area contributed by atoms with Gasteiger partial charge in [0.1, 0.15) is 11.5 Å². The van der Waals surface area contributed by atoms with Crippen LogP contribution in [0, 0.1) is 0 Å². The summed E-state index contributed by atoms with van der Waals surface area (Å²) in [6.45, 7) is 7.70. The molecule has 0 fully saturated rings. The second kappa shape index (κ2) is 17.4. The van der Waals surface area contributed by atoms with E-state index in [1.807, 2.05) is 27.7 Å². The van der Waals surface area contributed by atoms with Crippen LogP contribution in [-0.4, -0.2) is 37.7 Å². The number of benzene rings is 2. The summed E-state index contributed by atoms with van der Waals surface area (Å²) in [6.07, 6.45) is 3.10. The number of hydrogen-bond donors (Lipinski definition) is 0. The molecule has 0 spiro atoms. The van der Waals surface area contributed by atoms with Crippen LogP contribution in [0.2, 0.25) is 0 Å². The summed E-state index contributed by atoms with van der Waals surface area (Å²) in [4.78, 5) is 9.21. The summed E-state index contributed by atoms with van der Waals surface area (Å²) < 4.78 is 10.3. The van der Waals surface area contributed by atoms with Crippen LogP contribution in [-0.2, 0) is 59.4 Å². The molecule has 0 atom stereocenters. The quantitative estimate of drug-likeness (QED) is 0.318. The fraction of sp³-hybridized carbons (Fsp3) is 0.364. The Labute approximate surface area is 224 Å². The molecule has 0 aliphatic rings. The van der Waals surface area contributed by atoms with Gasteiger partial charge in [0.2, 0.25) is 0 Å². The van der Waals surface area contributed by atoms with Gasteiger partial charge in [0.05, 0.1) is 25.3 Å². The number of methoxy groups -OCH3 is 2. The van der Waals surface area contributed by atoms with Crippen LogP contribution in [0.25, 0.3) is 0 Å². The summed E-state index contributed by atoms with van der Waals surface area (Å²) in [5.74, 6) is 0.928. The maximum absolute atomic E-state index is 12.0. The number of hydrogen-bond acceptors (Lipinski definition) is 6. The largest absolute Gasteiger partial charge is 2.00 e. The van der Waals surface area contributed by atoms with Gasteiger partial charge in [-0.05, 0) is 63.1 Å². The van der Waals surface area contributed by atoms with E-state index in [2.05, 4.69) is 9.98 Å². The topological polar surface area (TPSA) is 203 Å². The molecule has 2 aromatic carbocycles. The number of ether oxygens (including phenoxy) is 2. The molecule has 0 aromatic heterocycles. The normalized spacial score (nSPS) is 10.4. The third kappa shape index (κ3) is 10.5. The molecule has 2 rings (SSSR count). The predicted molar refractivity (Wildman–Crippen MR) is 111 cm³/mol. The van der Waals surface area contributed by atoms with Crippen molar-refractivity contribution in [3.05, 3.63) is 47.5 Å². The number of nitrogens with zero attached hydrogens (tertiary/aromatic N) is 2. The maximum Gasteiger partial charge on any atom is 0.119 e. The second-order valence-corrected chi connectivity index (χ2v) is 7.44. The Balaban J connectivity index is -0.000000467. The first-order chi connectivity index (χ1) is 13.1. The molecule has 34 heavy (non-hydrogen) atoms. The van der Waals surface area contributed by atoms with Crippen molar-refractivity contribution in [3.8, 4) is 23.0 Å². The Kier molecular flexibility index (Phi) is 21.6. The molecule has 0 amide bonds. The van der Waals surface area contributed by atoms with Crippen molar-refractivity contribution in [1.29, 1.82) is 0 Å². The van der Waals surface area contributed by atoms with Crippen LogP contribution in [0.3, 0.4) is 0 Å². The van der Waals surface area contributed by atoms with Crippen LogP contribution >= 0.6 is 0 Å². The molecule has 196 valence electrons. The molecule has 0 heterocycles. The standard InChI is InChI=1S/C22H28N2O4.Mn.4O.Re/c1-21(2,23-13-15-11-17(27-5)7-9-19(15)25)22(3,4)24-14-16-12-18(28-6)8-10-20(16)26;;;;;;/h7-14,25-26H,1-6H3;;;;;;/q;;4*-2;/p-2. The van der Waals surface area contributed by atoms with Crippen molar-refractivity contribution >= 4 is 12.4 Å². The molecule has 2 radical (unpaired) electrons. The second-order valence-electron chi connectivity index (χ2n) is 7.44. The molecule has 0 aliphatic carbocycles. The molecule has 0 saturated heterocycles. The van der Waals surface area contributed by atoms with Crippen molar-refractivity contribution in [2.24, 2.45) is 9.98 Å². The van der Waals surface area contributed by atoms with E-state index in [9.17, 15) is 10.2 Å². The first-order valence-corrected chi connectivity index (χ1v) is 8.90. The van der Waals surface area contributed by atoms with Gasteiger partial charge in [-0.3, -0.25) is 9.98 Å². The summed E-state index contributed by atoms with van der Waals surface area (Å²) in [7, 11) is 3.09. The summed E-state index contributed by atoms with van der Waals surface area (Å²) in [5, 5.41) is 24.1. The minimum atomic E-state index is -0.638. The van der Waals surface area contributed by atoms with E-state index in [-0.39, 0.29) is 70.9 Å². The summed E-state index contributed by atoms with van der Waals surface area (Å²) in [6, 6.07) is 9.45. The Morgan fingerprint density at radius 2 is 0.971 bits per heavy atom. The Morgan fingerprint density at radius 3 is 1.24 bits per heavy atom. The van der Waals surface area contributed by atoms with Crippen LogP contribution in [0.15, 0.2) is 46.4 Å². The third-order valence-electron chi connectivity index (χ3n) is 4.98. The van der Waals surface area contributed by atoms with Crippen molar-refractivity contribution in [3.63, 3.8) is 0 Å². The molecule has 0 saturated carbocycles. The first-order valence-electron chi connectivity index (χ1n) is 8.90. The molecule has 0 aliphatic heterocycles. The molecular weight excluding hydrogens is 661 g/mol. The van der Waals surface area contributed by atoms with Gasteiger partial charge in [0.25, 0.3) is 0 Å². The van der Waals surface area contributed by atoms with E-state index in [1.54, 1.807) is 50.9 Å². The number of rotatable bonds is 7. The van der Waals surface area contributed by atoms with Crippen LogP contribution in [0.1, 0.15) is 38.8 Å². The van der Waals surface area contributed by atoms with E-state index in [4.69, 9.17) is 9.47 Å². The minimum absolute atomic E-state index is 0. The maximum atomic E-state index is 12.0. The van der Waals surface area contributed by atoms with Gasteiger partial charge in [-0.1, -0.05) is 23.6 Å². The Hall–Kier alpha value is -2.00. The van der Waals surface area contributed by atoms with E-state index >= 15 is 0 Å². The molecule has 2 aromatic rings. The first kappa shape index (κ1) is 42.2. The monoisotopic (exact) mass is 688 g/mol.